The molecule has 5 heteroatoms. The molecule has 1 saturated heterocycles. The second-order valence-electron chi connectivity index (χ2n) is 4.75. The first-order valence-electron chi connectivity index (χ1n) is 5.06. The van der Waals surface area contributed by atoms with Crippen molar-refractivity contribution in [1.29, 1.82) is 0 Å². The van der Waals surface area contributed by atoms with Crippen molar-refractivity contribution in [2.45, 2.75) is 48.5 Å². The van der Waals surface area contributed by atoms with Crippen molar-refractivity contribution < 1.29 is 31.8 Å². The van der Waals surface area contributed by atoms with E-state index in [0.29, 0.717) is 0 Å². The van der Waals surface area contributed by atoms with Crippen LogP contribution in [0.25, 0.3) is 0 Å². The number of aliphatic hydroxyl groups is 1. The Morgan fingerprint density at radius 2 is 2.14 bits per heavy atom. The molecule has 0 aromatic rings. The Morgan fingerprint density at radius 1 is 1.50 bits per heavy atom. The van der Waals surface area contributed by atoms with Crippen LogP contribution >= 0.6 is 0 Å². The molecule has 0 aromatic carbocycles. The first kappa shape index (κ1) is 11.9. The van der Waals surface area contributed by atoms with Gasteiger partial charge in [0.2, 0.25) is 0 Å². The van der Waals surface area contributed by atoms with Crippen LogP contribution in [0, 0.1) is 0 Å². The van der Waals surface area contributed by atoms with Gasteiger partial charge < -0.3 is 0 Å². The van der Waals surface area contributed by atoms with Crippen molar-refractivity contribution in [1.82, 2.24) is 5.32 Å². The van der Waals surface area contributed by atoms with Gasteiger partial charge in [0, 0.05) is 0 Å². The summed E-state index contributed by atoms with van der Waals surface area (Å²) in [6, 6.07) is -0.0511. The number of amides is 1. The number of ether oxygens (including phenoxy) is 1. The number of nitrogens with one attached hydrogen (secondary N) is 1. The first-order valence-corrected chi connectivity index (χ1v) is 9.26. The summed E-state index contributed by atoms with van der Waals surface area (Å²) in [5.41, 5.74) is -0.463. The molecule has 14 heavy (non-hydrogen) atoms. The third kappa shape index (κ3) is 3.93. The maximum atomic E-state index is 11.3. The molecule has 0 radical (unpaired) electrons. The molecule has 2 atom stereocenters. The number of rotatable bonds is 1. The number of hydrogen-bond acceptors (Lipinski definition) is 3. The zero-order chi connectivity index (χ0) is 10.8. The summed E-state index contributed by atoms with van der Waals surface area (Å²) >= 11 is -0.548. The van der Waals surface area contributed by atoms with Crippen LogP contribution in [0.5, 0.6) is 0 Å². The Hall–Kier alpha value is -0.147. The molecule has 0 aromatic heterocycles. The molecule has 1 fully saturated rings. The van der Waals surface area contributed by atoms with Gasteiger partial charge in [0.15, 0.2) is 0 Å². The monoisotopic (exact) mass is 251 g/mol. The van der Waals surface area contributed by atoms with E-state index in [4.69, 9.17) is 4.74 Å². The molecule has 0 saturated carbocycles. The topological polar surface area (TPSA) is 58.6 Å². The minimum absolute atomic E-state index is 0.0511. The number of carbonyl (C=O) groups is 1. The molecular weight excluding hydrogens is 235 g/mol. The van der Waals surface area contributed by atoms with Crippen LogP contribution in [0.1, 0.15) is 20.8 Å². The molecular formula is C9H17NO3Zn. The predicted molar refractivity (Wildman–Crippen MR) is 48.8 cm³/mol. The third-order valence-corrected chi connectivity index (χ3v) is 6.44. The average Bonchev–Trinajstić information content (AvgIpc) is 2.32. The van der Waals surface area contributed by atoms with Gasteiger partial charge in [-0.1, -0.05) is 0 Å². The molecule has 78 valence electrons. The van der Waals surface area contributed by atoms with E-state index in [0.717, 1.165) is 10.0 Å². The number of alkyl carbamates (subject to hydrolysis) is 1. The quantitative estimate of drug-likeness (QED) is 0.689. The molecule has 1 aliphatic rings. The second kappa shape index (κ2) is 4.58. The number of aliphatic hydroxyl groups excluding tert-OH is 1. The normalized spacial score (nSPS) is 26.3. The van der Waals surface area contributed by atoms with Crippen molar-refractivity contribution in [2.75, 3.05) is 0 Å². The SMILES string of the molecule is CC(C)(C)OC(=O)N[C@H]1[CH2][Zn][CH2][C@H]1O. The molecule has 0 bridgehead atoms. The molecule has 0 unspecified atom stereocenters. The fraction of sp³-hybridized carbons (Fsp3) is 0.889. The van der Waals surface area contributed by atoms with E-state index >= 15 is 0 Å². The summed E-state index contributed by atoms with van der Waals surface area (Å²) in [5, 5.41) is 14.2. The molecule has 1 amide bonds. The van der Waals surface area contributed by atoms with Gasteiger partial charge in [0.1, 0.15) is 0 Å². The van der Waals surface area contributed by atoms with Crippen molar-refractivity contribution >= 4 is 6.09 Å². The minimum atomic E-state index is -0.548. The van der Waals surface area contributed by atoms with E-state index in [2.05, 4.69) is 5.32 Å². The Morgan fingerprint density at radius 3 is 2.57 bits per heavy atom. The molecule has 1 rings (SSSR count). The molecule has 0 spiro atoms. The van der Waals surface area contributed by atoms with Crippen LogP contribution < -0.4 is 5.32 Å². The summed E-state index contributed by atoms with van der Waals surface area (Å²) < 4.78 is 5.11. The standard InChI is InChI=1S/C9H17NO3.Zn/c1-6(7(2)11)10-8(12)13-9(3,4)5;/h6-7,11H,1-2H2,3-5H3,(H,10,12);/t6-,7+;/m0./s1. The maximum absolute atomic E-state index is 11.3. The van der Waals surface area contributed by atoms with Gasteiger partial charge in [0.05, 0.1) is 0 Å². The van der Waals surface area contributed by atoms with Crippen molar-refractivity contribution in [2.24, 2.45) is 0 Å². The van der Waals surface area contributed by atoms with Gasteiger partial charge in [-0.05, 0) is 0 Å². The van der Waals surface area contributed by atoms with Crippen LogP contribution in [0.4, 0.5) is 4.79 Å². The van der Waals surface area contributed by atoms with E-state index in [9.17, 15) is 9.90 Å². The van der Waals surface area contributed by atoms with Gasteiger partial charge in [0.25, 0.3) is 0 Å². The van der Waals surface area contributed by atoms with Crippen LogP contribution in [0.2, 0.25) is 10.0 Å². The van der Waals surface area contributed by atoms with Crippen molar-refractivity contribution in [3.8, 4) is 0 Å². The number of carbonyl (C=O) groups excluding carboxylic acids is 1. The Bertz CT molecular complexity index is 215. The summed E-state index contributed by atoms with van der Waals surface area (Å²) in [4.78, 5) is 11.3. The predicted octanol–water partition coefficient (Wildman–Crippen LogP) is 1.17. The Labute approximate surface area is 92.0 Å². The molecule has 1 aliphatic heterocycles. The van der Waals surface area contributed by atoms with Gasteiger partial charge in [-0.3, -0.25) is 0 Å². The summed E-state index contributed by atoms with van der Waals surface area (Å²) in [6.07, 6.45) is -0.742. The fourth-order valence-corrected chi connectivity index (χ4v) is 5.82. The summed E-state index contributed by atoms with van der Waals surface area (Å²) in [6.45, 7) is 5.49. The summed E-state index contributed by atoms with van der Waals surface area (Å²) in [5.74, 6) is 0. The average molecular weight is 253 g/mol. The number of hydrogen-bond donors (Lipinski definition) is 2. The van der Waals surface area contributed by atoms with E-state index in [1.165, 1.54) is 0 Å². The molecule has 2 N–H and O–H groups in total. The second-order valence-corrected chi connectivity index (χ2v) is 8.66. The van der Waals surface area contributed by atoms with Crippen molar-refractivity contribution in [3.05, 3.63) is 0 Å². The van der Waals surface area contributed by atoms with Crippen LogP contribution in [0.3, 0.4) is 0 Å². The van der Waals surface area contributed by atoms with Gasteiger partial charge >= 0.3 is 91.7 Å². The van der Waals surface area contributed by atoms with E-state index in [1.807, 2.05) is 20.8 Å². The van der Waals surface area contributed by atoms with Crippen molar-refractivity contribution in [3.63, 3.8) is 0 Å². The summed E-state index contributed by atoms with van der Waals surface area (Å²) in [7, 11) is 0. The van der Waals surface area contributed by atoms with Crippen LogP contribution in [-0.4, -0.2) is 28.9 Å². The van der Waals surface area contributed by atoms with Crippen LogP contribution in [-0.2, 0) is 21.9 Å². The van der Waals surface area contributed by atoms with Gasteiger partial charge in [-0.15, -0.1) is 0 Å². The van der Waals surface area contributed by atoms with Gasteiger partial charge in [-0.2, -0.15) is 0 Å². The van der Waals surface area contributed by atoms with Crippen LogP contribution in [0.15, 0.2) is 0 Å². The zero-order valence-electron chi connectivity index (χ0n) is 9.04. The molecule has 0 aliphatic carbocycles. The first-order chi connectivity index (χ1) is 6.38. The van der Waals surface area contributed by atoms with Gasteiger partial charge in [-0.25, -0.2) is 0 Å². The Balaban J connectivity index is 2.33. The van der Waals surface area contributed by atoms with E-state index in [1.54, 1.807) is 0 Å². The zero-order valence-corrected chi connectivity index (χ0v) is 12.0. The molecule has 4 nitrogen and oxygen atoms in total. The molecule has 1 heterocycles. The third-order valence-electron chi connectivity index (χ3n) is 2.18. The Kier molecular flexibility index (Phi) is 3.90. The van der Waals surface area contributed by atoms with E-state index in [-0.39, 0.29) is 12.1 Å². The van der Waals surface area contributed by atoms with E-state index < -0.39 is 28.8 Å². The fourth-order valence-electron chi connectivity index (χ4n) is 1.57.